The van der Waals surface area contributed by atoms with Gasteiger partial charge in [0.25, 0.3) is 0 Å². The second kappa shape index (κ2) is 7.46. The van der Waals surface area contributed by atoms with E-state index in [1.807, 2.05) is 0 Å². The summed E-state index contributed by atoms with van der Waals surface area (Å²) in [6.07, 6.45) is 5.87. The van der Waals surface area contributed by atoms with Gasteiger partial charge in [-0.05, 0) is 59.0 Å². The Morgan fingerprint density at radius 3 is 2.72 bits per heavy atom. The molecule has 0 spiro atoms. The molecule has 0 aromatic rings. The third kappa shape index (κ3) is 3.46. The molecule has 0 aliphatic carbocycles. The lowest BCUT2D eigenvalue weighted by molar-refractivity contribution is 0.0489. The van der Waals surface area contributed by atoms with Gasteiger partial charge in [0.1, 0.15) is 0 Å². The van der Waals surface area contributed by atoms with Crippen LogP contribution in [0.3, 0.4) is 0 Å². The van der Waals surface area contributed by atoms with Gasteiger partial charge in [-0.1, -0.05) is 13.8 Å². The maximum Gasteiger partial charge on any atom is 0.0431 e. The zero-order valence-corrected chi connectivity index (χ0v) is 12.7. The quantitative estimate of drug-likeness (QED) is 0.700. The smallest absolute Gasteiger partial charge is 0.0431 e. The lowest BCUT2D eigenvalue weighted by Gasteiger charge is -2.46. The van der Waals surface area contributed by atoms with Crippen LogP contribution in [0.4, 0.5) is 0 Å². The Morgan fingerprint density at radius 2 is 2.17 bits per heavy atom. The standard InChI is InChI=1S/C15H32N2O/c1-5-15(4,13(3)16-6-2)17-11-7-9-14(17)10-8-12-18/h13-14,16,18H,5-12H2,1-4H3. The molecule has 0 saturated carbocycles. The number of hydrogen-bond acceptors (Lipinski definition) is 3. The van der Waals surface area contributed by atoms with Gasteiger partial charge in [0.2, 0.25) is 0 Å². The summed E-state index contributed by atoms with van der Waals surface area (Å²) in [5, 5.41) is 12.6. The highest BCUT2D eigenvalue weighted by Crippen LogP contribution is 2.33. The molecule has 0 radical (unpaired) electrons. The summed E-state index contributed by atoms with van der Waals surface area (Å²) < 4.78 is 0. The zero-order valence-electron chi connectivity index (χ0n) is 12.7. The molecule has 0 aromatic carbocycles. The first kappa shape index (κ1) is 15.9. The number of hydrogen-bond donors (Lipinski definition) is 2. The molecule has 18 heavy (non-hydrogen) atoms. The van der Waals surface area contributed by atoms with Crippen LogP contribution in [0.2, 0.25) is 0 Å². The Balaban J connectivity index is 2.72. The summed E-state index contributed by atoms with van der Waals surface area (Å²) in [5.74, 6) is 0. The van der Waals surface area contributed by atoms with Crippen molar-refractivity contribution in [3.05, 3.63) is 0 Å². The summed E-state index contributed by atoms with van der Waals surface area (Å²) >= 11 is 0. The van der Waals surface area contributed by atoms with E-state index in [2.05, 4.69) is 37.9 Å². The molecule has 0 aromatic heterocycles. The van der Waals surface area contributed by atoms with Crippen molar-refractivity contribution in [2.24, 2.45) is 0 Å². The Labute approximate surface area is 113 Å². The highest BCUT2D eigenvalue weighted by molar-refractivity contribution is 4.99. The molecule has 1 aliphatic rings. The summed E-state index contributed by atoms with van der Waals surface area (Å²) in [4.78, 5) is 2.70. The van der Waals surface area contributed by atoms with Crippen molar-refractivity contribution in [2.45, 2.75) is 77.4 Å². The minimum absolute atomic E-state index is 0.243. The lowest BCUT2D eigenvalue weighted by atomic mass is 9.87. The van der Waals surface area contributed by atoms with E-state index in [-0.39, 0.29) is 5.54 Å². The Morgan fingerprint density at radius 1 is 1.44 bits per heavy atom. The van der Waals surface area contributed by atoms with Gasteiger partial charge in [0.15, 0.2) is 0 Å². The van der Waals surface area contributed by atoms with E-state index < -0.39 is 0 Å². The minimum Gasteiger partial charge on any atom is -0.396 e. The fourth-order valence-electron chi connectivity index (χ4n) is 3.42. The highest BCUT2D eigenvalue weighted by atomic mass is 16.2. The van der Waals surface area contributed by atoms with Crippen molar-refractivity contribution in [1.82, 2.24) is 10.2 Å². The fraction of sp³-hybridized carbons (Fsp3) is 1.00. The number of aliphatic hydroxyl groups excluding tert-OH is 1. The molecular weight excluding hydrogens is 224 g/mol. The van der Waals surface area contributed by atoms with E-state index in [1.165, 1.54) is 25.8 Å². The van der Waals surface area contributed by atoms with Crippen LogP contribution in [0.25, 0.3) is 0 Å². The van der Waals surface area contributed by atoms with E-state index in [0.717, 1.165) is 19.4 Å². The monoisotopic (exact) mass is 256 g/mol. The van der Waals surface area contributed by atoms with Crippen molar-refractivity contribution in [1.29, 1.82) is 0 Å². The molecule has 3 unspecified atom stereocenters. The van der Waals surface area contributed by atoms with Crippen molar-refractivity contribution >= 4 is 0 Å². The first-order valence-electron chi connectivity index (χ1n) is 7.71. The van der Waals surface area contributed by atoms with Crippen LogP contribution in [0.15, 0.2) is 0 Å². The van der Waals surface area contributed by atoms with Crippen molar-refractivity contribution in [3.63, 3.8) is 0 Å². The van der Waals surface area contributed by atoms with Crippen LogP contribution in [0, 0.1) is 0 Å². The van der Waals surface area contributed by atoms with Gasteiger partial charge in [0, 0.05) is 24.2 Å². The number of likely N-dealkylation sites (tertiary alicyclic amines) is 1. The van der Waals surface area contributed by atoms with Crippen LogP contribution >= 0.6 is 0 Å². The maximum atomic E-state index is 9.04. The maximum absolute atomic E-state index is 9.04. The van der Waals surface area contributed by atoms with Gasteiger partial charge in [-0.2, -0.15) is 0 Å². The lowest BCUT2D eigenvalue weighted by Crippen LogP contribution is -2.59. The van der Waals surface area contributed by atoms with E-state index in [0.29, 0.717) is 18.7 Å². The van der Waals surface area contributed by atoms with Crippen LogP contribution in [0.1, 0.15) is 59.8 Å². The third-order valence-electron chi connectivity index (χ3n) is 4.89. The van der Waals surface area contributed by atoms with Crippen LogP contribution in [0.5, 0.6) is 0 Å². The molecule has 2 N–H and O–H groups in total. The first-order valence-corrected chi connectivity index (χ1v) is 7.71. The van der Waals surface area contributed by atoms with E-state index in [1.54, 1.807) is 0 Å². The number of likely N-dealkylation sites (N-methyl/N-ethyl adjacent to an activating group) is 1. The molecule has 0 bridgehead atoms. The Bertz CT molecular complexity index is 235. The van der Waals surface area contributed by atoms with Crippen LogP contribution < -0.4 is 5.32 Å². The molecule has 3 nitrogen and oxygen atoms in total. The third-order valence-corrected chi connectivity index (χ3v) is 4.89. The average molecular weight is 256 g/mol. The van der Waals surface area contributed by atoms with Gasteiger partial charge >= 0.3 is 0 Å². The predicted octanol–water partition coefficient (Wildman–Crippen LogP) is 2.39. The fourth-order valence-corrected chi connectivity index (χ4v) is 3.42. The molecule has 1 heterocycles. The Hall–Kier alpha value is -0.120. The number of rotatable bonds is 8. The number of aliphatic hydroxyl groups is 1. The van der Waals surface area contributed by atoms with Gasteiger partial charge < -0.3 is 10.4 Å². The second-order valence-electron chi connectivity index (χ2n) is 5.85. The van der Waals surface area contributed by atoms with Crippen LogP contribution in [-0.2, 0) is 0 Å². The second-order valence-corrected chi connectivity index (χ2v) is 5.85. The molecule has 1 aliphatic heterocycles. The molecule has 0 amide bonds. The molecule has 1 saturated heterocycles. The van der Waals surface area contributed by atoms with Crippen LogP contribution in [-0.4, -0.2) is 47.3 Å². The number of nitrogens with one attached hydrogen (secondary N) is 1. The summed E-state index contributed by atoms with van der Waals surface area (Å²) in [5.41, 5.74) is 0.243. The molecule has 1 rings (SSSR count). The topological polar surface area (TPSA) is 35.5 Å². The van der Waals surface area contributed by atoms with Crippen molar-refractivity contribution in [3.8, 4) is 0 Å². The van der Waals surface area contributed by atoms with Crippen molar-refractivity contribution < 1.29 is 5.11 Å². The molecule has 1 fully saturated rings. The Kier molecular flexibility index (Phi) is 6.61. The van der Waals surface area contributed by atoms with Gasteiger partial charge in [-0.15, -0.1) is 0 Å². The molecule has 108 valence electrons. The average Bonchev–Trinajstić information content (AvgIpc) is 2.84. The predicted molar refractivity (Wildman–Crippen MR) is 77.9 cm³/mol. The minimum atomic E-state index is 0.243. The first-order chi connectivity index (χ1) is 8.60. The van der Waals surface area contributed by atoms with Crippen molar-refractivity contribution in [2.75, 3.05) is 19.7 Å². The van der Waals surface area contributed by atoms with Gasteiger partial charge in [-0.3, -0.25) is 4.90 Å². The molecule has 3 atom stereocenters. The SMILES string of the molecule is CCNC(C)C(C)(CC)N1CCCC1CCCO. The zero-order chi connectivity index (χ0) is 13.6. The normalized spacial score (nSPS) is 26.2. The molecule has 3 heteroatoms. The largest absolute Gasteiger partial charge is 0.396 e. The van der Waals surface area contributed by atoms with E-state index in [9.17, 15) is 0 Å². The van der Waals surface area contributed by atoms with E-state index in [4.69, 9.17) is 5.11 Å². The van der Waals surface area contributed by atoms with E-state index >= 15 is 0 Å². The molecular formula is C15H32N2O. The number of nitrogens with zero attached hydrogens (tertiary/aromatic N) is 1. The summed E-state index contributed by atoms with van der Waals surface area (Å²) in [6.45, 7) is 11.8. The highest BCUT2D eigenvalue weighted by Gasteiger charge is 2.40. The summed E-state index contributed by atoms with van der Waals surface area (Å²) in [6, 6.07) is 1.19. The summed E-state index contributed by atoms with van der Waals surface area (Å²) in [7, 11) is 0. The van der Waals surface area contributed by atoms with Gasteiger partial charge in [0.05, 0.1) is 0 Å². The van der Waals surface area contributed by atoms with Gasteiger partial charge in [-0.25, -0.2) is 0 Å².